The molecule has 1 unspecified atom stereocenters. The average Bonchev–Trinajstić information content (AvgIpc) is 2.42. The Hall–Kier alpha value is -0.780. The lowest BCUT2D eigenvalue weighted by Gasteiger charge is -2.16. The minimum Gasteiger partial charge on any atom is -0.493 e. The monoisotopic (exact) mass is 388 g/mol. The molecule has 1 atom stereocenters. The first-order valence-corrected chi connectivity index (χ1v) is 7.44. The van der Waals surface area contributed by atoms with Crippen LogP contribution in [0.4, 0.5) is 0 Å². The molecule has 100 valence electrons. The van der Waals surface area contributed by atoms with Crippen molar-refractivity contribution < 1.29 is 9.84 Å². The zero-order valence-corrected chi connectivity index (χ0v) is 13.4. The van der Waals surface area contributed by atoms with Gasteiger partial charge < -0.3 is 9.84 Å². The number of ether oxygens (including phenoxy) is 1. The van der Waals surface area contributed by atoms with Crippen LogP contribution in [-0.4, -0.2) is 11.7 Å². The molecule has 2 rings (SSSR count). The summed E-state index contributed by atoms with van der Waals surface area (Å²) >= 11 is 8.26. The Morgan fingerprint density at radius 3 is 2.68 bits per heavy atom. The largest absolute Gasteiger partial charge is 0.493 e. The highest BCUT2D eigenvalue weighted by Crippen LogP contribution is 2.32. The quantitative estimate of drug-likeness (QED) is 0.786. The van der Waals surface area contributed by atoms with Crippen molar-refractivity contribution in [1.82, 2.24) is 0 Å². The van der Waals surface area contributed by atoms with Crippen LogP contribution in [0, 0.1) is 3.57 Å². The molecule has 0 bridgehead atoms. The van der Waals surface area contributed by atoms with Crippen molar-refractivity contribution >= 4 is 34.2 Å². The number of aliphatic hydroxyl groups excluding tert-OH is 1. The second-order valence-electron chi connectivity index (χ2n) is 4.05. The molecular weight excluding hydrogens is 375 g/mol. The van der Waals surface area contributed by atoms with Crippen LogP contribution >= 0.6 is 34.2 Å². The van der Waals surface area contributed by atoms with Crippen molar-refractivity contribution in [3.05, 3.63) is 62.2 Å². The van der Waals surface area contributed by atoms with E-state index in [-0.39, 0.29) is 0 Å². The molecule has 4 heteroatoms. The predicted molar refractivity (Wildman–Crippen MR) is 85.8 cm³/mol. The van der Waals surface area contributed by atoms with Crippen molar-refractivity contribution in [2.45, 2.75) is 13.0 Å². The molecule has 0 saturated heterocycles. The highest BCUT2D eigenvalue weighted by Gasteiger charge is 2.16. The summed E-state index contributed by atoms with van der Waals surface area (Å²) in [6.07, 6.45) is -0.739. The second kappa shape index (κ2) is 6.59. The molecule has 1 N–H and O–H groups in total. The number of hydrogen-bond acceptors (Lipinski definition) is 2. The van der Waals surface area contributed by atoms with Gasteiger partial charge in [0, 0.05) is 9.13 Å². The van der Waals surface area contributed by atoms with Gasteiger partial charge in [0.1, 0.15) is 11.9 Å². The van der Waals surface area contributed by atoms with E-state index in [4.69, 9.17) is 16.3 Å². The van der Waals surface area contributed by atoms with Gasteiger partial charge in [-0.1, -0.05) is 35.9 Å². The maximum atomic E-state index is 10.5. The highest BCUT2D eigenvalue weighted by molar-refractivity contribution is 14.1. The van der Waals surface area contributed by atoms with E-state index in [0.717, 1.165) is 14.7 Å². The minimum absolute atomic E-state index is 0.567. The standard InChI is InChI=1S/C15H14ClIO2/c1-2-19-14-6-4-3-5-11(14)15(18)10-7-8-13(17)12(16)9-10/h3-9,15,18H,2H2,1H3. The van der Waals surface area contributed by atoms with E-state index in [2.05, 4.69) is 22.6 Å². The zero-order chi connectivity index (χ0) is 13.8. The molecule has 0 saturated carbocycles. The molecule has 0 heterocycles. The molecular formula is C15H14ClIO2. The average molecular weight is 389 g/mol. The molecule has 0 aliphatic heterocycles. The fourth-order valence-corrected chi connectivity index (χ4v) is 2.38. The Labute approximate surface area is 131 Å². The molecule has 2 aromatic carbocycles. The first kappa shape index (κ1) is 14.6. The topological polar surface area (TPSA) is 29.5 Å². The van der Waals surface area contributed by atoms with Crippen LogP contribution in [0.1, 0.15) is 24.2 Å². The van der Waals surface area contributed by atoms with E-state index >= 15 is 0 Å². The fourth-order valence-electron chi connectivity index (χ4n) is 1.86. The number of rotatable bonds is 4. The van der Waals surface area contributed by atoms with Crippen LogP contribution in [0.3, 0.4) is 0 Å². The lowest BCUT2D eigenvalue weighted by atomic mass is 10.0. The van der Waals surface area contributed by atoms with E-state index in [1.807, 2.05) is 43.3 Å². The summed E-state index contributed by atoms with van der Waals surface area (Å²) in [5.41, 5.74) is 1.51. The van der Waals surface area contributed by atoms with Crippen molar-refractivity contribution in [3.8, 4) is 5.75 Å². The molecule has 2 aromatic rings. The summed E-state index contributed by atoms with van der Waals surface area (Å²) in [4.78, 5) is 0. The summed E-state index contributed by atoms with van der Waals surface area (Å²) in [6.45, 7) is 2.49. The number of benzene rings is 2. The Balaban J connectivity index is 2.37. The third-order valence-electron chi connectivity index (χ3n) is 2.77. The molecule has 0 fully saturated rings. The van der Waals surface area contributed by atoms with Gasteiger partial charge in [-0.2, -0.15) is 0 Å². The molecule has 0 radical (unpaired) electrons. The van der Waals surface area contributed by atoms with Crippen molar-refractivity contribution in [2.24, 2.45) is 0 Å². The summed E-state index contributed by atoms with van der Waals surface area (Å²) in [7, 11) is 0. The number of halogens is 2. The first-order valence-electron chi connectivity index (χ1n) is 5.98. The summed E-state index contributed by atoms with van der Waals surface area (Å²) in [5.74, 6) is 0.701. The van der Waals surface area contributed by atoms with E-state index in [0.29, 0.717) is 17.4 Å². The molecule has 0 amide bonds. The molecule has 0 spiro atoms. The van der Waals surface area contributed by atoms with E-state index < -0.39 is 6.10 Å². The molecule has 19 heavy (non-hydrogen) atoms. The zero-order valence-electron chi connectivity index (χ0n) is 10.4. The van der Waals surface area contributed by atoms with Gasteiger partial charge in [-0.25, -0.2) is 0 Å². The number of aliphatic hydroxyl groups is 1. The maximum Gasteiger partial charge on any atom is 0.125 e. The minimum atomic E-state index is -0.739. The molecule has 2 nitrogen and oxygen atoms in total. The van der Waals surface area contributed by atoms with Gasteiger partial charge in [-0.15, -0.1) is 0 Å². The summed E-state index contributed by atoms with van der Waals surface area (Å²) in [5, 5.41) is 11.1. The van der Waals surface area contributed by atoms with E-state index in [9.17, 15) is 5.11 Å². The summed E-state index contributed by atoms with van der Waals surface area (Å²) in [6, 6.07) is 13.1. The van der Waals surface area contributed by atoms with Crippen LogP contribution in [0.15, 0.2) is 42.5 Å². The van der Waals surface area contributed by atoms with Crippen LogP contribution in [-0.2, 0) is 0 Å². The first-order chi connectivity index (χ1) is 9.13. The maximum absolute atomic E-state index is 10.5. The summed E-state index contributed by atoms with van der Waals surface area (Å²) < 4.78 is 6.51. The highest BCUT2D eigenvalue weighted by atomic mass is 127. The smallest absolute Gasteiger partial charge is 0.125 e. The van der Waals surface area contributed by atoms with Gasteiger partial charge in [0.15, 0.2) is 0 Å². The van der Waals surface area contributed by atoms with Crippen LogP contribution in [0.25, 0.3) is 0 Å². The van der Waals surface area contributed by atoms with Crippen LogP contribution in [0.2, 0.25) is 5.02 Å². The van der Waals surface area contributed by atoms with Gasteiger partial charge >= 0.3 is 0 Å². The van der Waals surface area contributed by atoms with Crippen molar-refractivity contribution in [1.29, 1.82) is 0 Å². The fraction of sp³-hybridized carbons (Fsp3) is 0.200. The Morgan fingerprint density at radius 1 is 1.26 bits per heavy atom. The van der Waals surface area contributed by atoms with Gasteiger partial charge in [-0.05, 0) is 53.3 Å². The predicted octanol–water partition coefficient (Wildman–Crippen LogP) is 4.43. The molecule has 0 aromatic heterocycles. The SMILES string of the molecule is CCOc1ccccc1C(O)c1ccc(I)c(Cl)c1. The number of para-hydroxylation sites is 1. The lowest BCUT2D eigenvalue weighted by Crippen LogP contribution is -2.04. The molecule has 0 aliphatic carbocycles. The van der Waals surface area contributed by atoms with Gasteiger partial charge in [-0.3, -0.25) is 0 Å². The van der Waals surface area contributed by atoms with Crippen LogP contribution in [0.5, 0.6) is 5.75 Å². The van der Waals surface area contributed by atoms with Crippen LogP contribution < -0.4 is 4.74 Å². The number of hydrogen-bond donors (Lipinski definition) is 1. The molecule has 0 aliphatic rings. The second-order valence-corrected chi connectivity index (χ2v) is 5.62. The van der Waals surface area contributed by atoms with Gasteiger partial charge in [0.25, 0.3) is 0 Å². The van der Waals surface area contributed by atoms with Gasteiger partial charge in [0.2, 0.25) is 0 Å². The van der Waals surface area contributed by atoms with E-state index in [1.165, 1.54) is 0 Å². The third kappa shape index (κ3) is 3.41. The Bertz CT molecular complexity index is 572. The normalized spacial score (nSPS) is 12.2. The lowest BCUT2D eigenvalue weighted by molar-refractivity contribution is 0.212. The Morgan fingerprint density at radius 2 is 2.00 bits per heavy atom. The van der Waals surface area contributed by atoms with Crippen molar-refractivity contribution in [2.75, 3.05) is 6.61 Å². The van der Waals surface area contributed by atoms with Gasteiger partial charge in [0.05, 0.1) is 11.6 Å². The third-order valence-corrected chi connectivity index (χ3v) is 4.35. The Kier molecular flexibility index (Phi) is 5.07. The van der Waals surface area contributed by atoms with E-state index in [1.54, 1.807) is 6.07 Å². The van der Waals surface area contributed by atoms with Crippen molar-refractivity contribution in [3.63, 3.8) is 0 Å².